The zero-order valence-corrected chi connectivity index (χ0v) is 11.3. The van der Waals surface area contributed by atoms with Crippen LogP contribution >= 0.6 is 15.9 Å². The molecule has 0 radical (unpaired) electrons. The van der Waals surface area contributed by atoms with Crippen LogP contribution in [-0.4, -0.2) is 27.7 Å². The number of aromatic nitrogens is 2. The highest BCUT2D eigenvalue weighted by Crippen LogP contribution is 2.32. The molecule has 1 aromatic heterocycles. The number of anilines is 1. The third kappa shape index (κ3) is 3.19. The summed E-state index contributed by atoms with van der Waals surface area (Å²) in [7, 11) is 0. The number of nitrogens with zero attached hydrogens (tertiary/aromatic N) is 2. The lowest BCUT2D eigenvalue weighted by Gasteiger charge is -2.10. The van der Waals surface area contributed by atoms with E-state index < -0.39 is 12.6 Å². The van der Waals surface area contributed by atoms with Crippen molar-refractivity contribution in [2.24, 2.45) is 0 Å². The van der Waals surface area contributed by atoms with Crippen LogP contribution in [0.3, 0.4) is 0 Å². The average molecular weight is 324 g/mol. The summed E-state index contributed by atoms with van der Waals surface area (Å²) >= 11 is 3.33. The fourth-order valence-electron chi connectivity index (χ4n) is 1.51. The summed E-state index contributed by atoms with van der Waals surface area (Å²) in [5.41, 5.74) is 7.04. The molecule has 0 amide bonds. The second kappa shape index (κ2) is 5.66. The third-order valence-corrected chi connectivity index (χ3v) is 2.84. The van der Waals surface area contributed by atoms with Gasteiger partial charge in [-0.1, -0.05) is 28.1 Å². The summed E-state index contributed by atoms with van der Waals surface area (Å²) < 4.78 is 6.04. The van der Waals surface area contributed by atoms with Crippen molar-refractivity contribution in [2.75, 3.05) is 12.3 Å². The van der Waals surface area contributed by atoms with Crippen LogP contribution in [0.15, 0.2) is 35.1 Å². The van der Waals surface area contributed by atoms with E-state index in [9.17, 15) is 4.79 Å². The van der Waals surface area contributed by atoms with Crippen LogP contribution in [0.25, 0.3) is 11.1 Å². The standard InChI is InChI=1S/C12H10BrN3O3/c13-8-3-1-7(2-4-8)10-11(14)15-6-16-12(10)19-5-9(17)18/h1-4,6H,5H2,(H,17,18)(H2,14,15,16). The van der Waals surface area contributed by atoms with Gasteiger partial charge in [-0.25, -0.2) is 14.8 Å². The minimum absolute atomic E-state index is 0.150. The molecule has 2 rings (SSSR count). The highest BCUT2D eigenvalue weighted by molar-refractivity contribution is 9.10. The van der Waals surface area contributed by atoms with Gasteiger partial charge < -0.3 is 15.6 Å². The molecule has 1 heterocycles. The lowest BCUT2D eigenvalue weighted by Crippen LogP contribution is -2.11. The van der Waals surface area contributed by atoms with Gasteiger partial charge in [0.15, 0.2) is 6.61 Å². The number of aliphatic carboxylic acids is 1. The summed E-state index contributed by atoms with van der Waals surface area (Å²) in [5, 5.41) is 8.64. The Labute approximate surface area is 117 Å². The largest absolute Gasteiger partial charge is 0.479 e. The first-order chi connectivity index (χ1) is 9.08. The molecule has 0 bridgehead atoms. The van der Waals surface area contributed by atoms with Gasteiger partial charge in [0, 0.05) is 4.47 Å². The number of benzene rings is 1. The molecule has 2 aromatic rings. The SMILES string of the molecule is Nc1ncnc(OCC(=O)O)c1-c1ccc(Br)cc1. The molecule has 19 heavy (non-hydrogen) atoms. The molecule has 3 N–H and O–H groups in total. The van der Waals surface area contributed by atoms with E-state index in [1.807, 2.05) is 24.3 Å². The predicted molar refractivity (Wildman–Crippen MR) is 72.7 cm³/mol. The molecule has 0 aliphatic rings. The van der Waals surface area contributed by atoms with Crippen molar-refractivity contribution >= 4 is 27.7 Å². The number of rotatable bonds is 4. The zero-order chi connectivity index (χ0) is 13.8. The van der Waals surface area contributed by atoms with Crippen LogP contribution in [0.4, 0.5) is 5.82 Å². The first-order valence-electron chi connectivity index (χ1n) is 5.29. The summed E-state index contributed by atoms with van der Waals surface area (Å²) in [5.74, 6) is -0.700. The van der Waals surface area contributed by atoms with Crippen LogP contribution < -0.4 is 10.5 Å². The number of hydrogen-bond donors (Lipinski definition) is 2. The minimum Gasteiger partial charge on any atom is -0.479 e. The molecule has 98 valence electrons. The van der Waals surface area contributed by atoms with Gasteiger partial charge in [0.1, 0.15) is 12.1 Å². The van der Waals surface area contributed by atoms with Crippen molar-refractivity contribution in [2.45, 2.75) is 0 Å². The van der Waals surface area contributed by atoms with Crippen LogP contribution in [-0.2, 0) is 4.79 Å². The Morgan fingerprint density at radius 1 is 1.32 bits per heavy atom. The minimum atomic E-state index is -1.08. The molecular weight excluding hydrogens is 314 g/mol. The molecule has 0 unspecified atom stereocenters. The van der Waals surface area contributed by atoms with E-state index in [-0.39, 0.29) is 11.7 Å². The molecule has 0 fully saturated rings. The Bertz CT molecular complexity index is 602. The second-order valence-electron chi connectivity index (χ2n) is 3.63. The van der Waals surface area contributed by atoms with Crippen molar-refractivity contribution in [3.63, 3.8) is 0 Å². The number of ether oxygens (including phenoxy) is 1. The maximum atomic E-state index is 10.5. The van der Waals surface area contributed by atoms with E-state index in [1.54, 1.807) is 0 Å². The molecular formula is C12H10BrN3O3. The van der Waals surface area contributed by atoms with Crippen molar-refractivity contribution in [1.29, 1.82) is 0 Å². The Hall–Kier alpha value is -2.15. The summed E-state index contributed by atoms with van der Waals surface area (Å²) in [6, 6.07) is 7.30. The van der Waals surface area contributed by atoms with Gasteiger partial charge >= 0.3 is 5.97 Å². The Kier molecular flexibility index (Phi) is 3.96. The van der Waals surface area contributed by atoms with Gasteiger partial charge in [-0.3, -0.25) is 0 Å². The fourth-order valence-corrected chi connectivity index (χ4v) is 1.77. The fraction of sp³-hybridized carbons (Fsp3) is 0.0833. The maximum absolute atomic E-state index is 10.5. The molecule has 1 aromatic carbocycles. The number of carboxylic acid groups (broad SMARTS) is 1. The first-order valence-corrected chi connectivity index (χ1v) is 6.08. The maximum Gasteiger partial charge on any atom is 0.341 e. The van der Waals surface area contributed by atoms with Gasteiger partial charge in [0.2, 0.25) is 5.88 Å². The van der Waals surface area contributed by atoms with Gasteiger partial charge in [-0.2, -0.15) is 0 Å². The smallest absolute Gasteiger partial charge is 0.341 e. The lowest BCUT2D eigenvalue weighted by atomic mass is 10.1. The van der Waals surface area contributed by atoms with Crippen LogP contribution in [0.5, 0.6) is 5.88 Å². The number of nitrogen functional groups attached to an aromatic ring is 1. The highest BCUT2D eigenvalue weighted by atomic mass is 79.9. The van der Waals surface area contributed by atoms with Crippen molar-refractivity contribution in [3.05, 3.63) is 35.1 Å². The lowest BCUT2D eigenvalue weighted by molar-refractivity contribution is -0.139. The number of halogens is 1. The zero-order valence-electron chi connectivity index (χ0n) is 9.71. The number of carboxylic acids is 1. The number of carbonyl (C=O) groups is 1. The summed E-state index contributed by atoms with van der Waals surface area (Å²) in [6.45, 7) is -0.486. The topological polar surface area (TPSA) is 98.3 Å². The van der Waals surface area contributed by atoms with E-state index in [2.05, 4.69) is 25.9 Å². The Morgan fingerprint density at radius 3 is 2.63 bits per heavy atom. The van der Waals surface area contributed by atoms with Crippen LogP contribution in [0.2, 0.25) is 0 Å². The predicted octanol–water partition coefficient (Wildman–Crippen LogP) is 1.95. The second-order valence-corrected chi connectivity index (χ2v) is 4.54. The highest BCUT2D eigenvalue weighted by Gasteiger charge is 2.14. The number of nitrogens with two attached hydrogens (primary N) is 1. The summed E-state index contributed by atoms with van der Waals surface area (Å²) in [6.07, 6.45) is 1.23. The first kappa shape index (κ1) is 13.3. The number of hydrogen-bond acceptors (Lipinski definition) is 5. The van der Waals surface area contributed by atoms with Gasteiger partial charge in [0.25, 0.3) is 0 Å². The molecule has 0 aliphatic carbocycles. The molecule has 7 heteroatoms. The van der Waals surface area contributed by atoms with E-state index in [0.29, 0.717) is 5.56 Å². The van der Waals surface area contributed by atoms with E-state index in [1.165, 1.54) is 6.33 Å². The molecule has 6 nitrogen and oxygen atoms in total. The molecule has 0 aliphatic heterocycles. The Balaban J connectivity index is 2.42. The van der Waals surface area contributed by atoms with E-state index in [0.717, 1.165) is 10.0 Å². The van der Waals surface area contributed by atoms with Crippen molar-refractivity contribution in [1.82, 2.24) is 9.97 Å². The van der Waals surface area contributed by atoms with Crippen LogP contribution in [0, 0.1) is 0 Å². The monoisotopic (exact) mass is 323 g/mol. The van der Waals surface area contributed by atoms with E-state index in [4.69, 9.17) is 15.6 Å². The van der Waals surface area contributed by atoms with Gasteiger partial charge in [-0.15, -0.1) is 0 Å². The van der Waals surface area contributed by atoms with Crippen LogP contribution in [0.1, 0.15) is 0 Å². The Morgan fingerprint density at radius 2 is 2.00 bits per heavy atom. The molecule has 0 atom stereocenters. The van der Waals surface area contributed by atoms with Crippen molar-refractivity contribution in [3.8, 4) is 17.0 Å². The van der Waals surface area contributed by atoms with Gasteiger partial charge in [0.05, 0.1) is 5.56 Å². The van der Waals surface area contributed by atoms with E-state index >= 15 is 0 Å². The van der Waals surface area contributed by atoms with Crippen molar-refractivity contribution < 1.29 is 14.6 Å². The van der Waals surface area contributed by atoms with Gasteiger partial charge in [-0.05, 0) is 17.7 Å². The summed E-state index contributed by atoms with van der Waals surface area (Å²) in [4.78, 5) is 18.4. The third-order valence-electron chi connectivity index (χ3n) is 2.31. The molecule has 0 saturated carbocycles. The molecule has 0 saturated heterocycles. The average Bonchev–Trinajstić information content (AvgIpc) is 2.38. The molecule has 0 spiro atoms. The quantitative estimate of drug-likeness (QED) is 0.892. The normalized spacial score (nSPS) is 10.2.